The topological polar surface area (TPSA) is 23.5 Å². The van der Waals surface area contributed by atoms with Gasteiger partial charge in [-0.2, -0.15) is 0 Å². The molecule has 1 aliphatic heterocycles. The Kier molecular flexibility index (Phi) is 5.10. The minimum atomic E-state index is -0.375. The van der Waals surface area contributed by atoms with E-state index >= 15 is 0 Å². The number of nitrogens with zero attached hydrogens (tertiary/aromatic N) is 1. The smallest absolute Gasteiger partial charge is 0.0942 e. The van der Waals surface area contributed by atoms with Gasteiger partial charge in [-0.1, -0.05) is 19.1 Å². The maximum absolute atomic E-state index is 10.5. The Morgan fingerprint density at radius 3 is 2.72 bits per heavy atom. The molecule has 0 saturated carbocycles. The summed E-state index contributed by atoms with van der Waals surface area (Å²) in [7, 11) is 0. The zero-order valence-corrected chi connectivity index (χ0v) is 12.1. The van der Waals surface area contributed by atoms with Gasteiger partial charge in [0, 0.05) is 10.9 Å². The Balaban J connectivity index is 2.06. The number of aliphatic hydroxyl groups is 1. The van der Waals surface area contributed by atoms with Gasteiger partial charge >= 0.3 is 0 Å². The van der Waals surface area contributed by atoms with Crippen LogP contribution in [0.4, 0.5) is 0 Å². The van der Waals surface area contributed by atoms with Crippen molar-refractivity contribution in [2.75, 3.05) is 18.8 Å². The highest BCUT2D eigenvalue weighted by molar-refractivity contribution is 7.99. The van der Waals surface area contributed by atoms with E-state index in [9.17, 15) is 5.11 Å². The SMILES string of the molecule is CCSc1cccc([C@H](O)C(C)N2CCCC2)c1. The van der Waals surface area contributed by atoms with Crippen molar-refractivity contribution in [3.05, 3.63) is 29.8 Å². The summed E-state index contributed by atoms with van der Waals surface area (Å²) in [5.41, 5.74) is 1.05. The molecule has 2 atom stereocenters. The molecule has 1 aromatic carbocycles. The van der Waals surface area contributed by atoms with Crippen molar-refractivity contribution >= 4 is 11.8 Å². The molecule has 2 rings (SSSR count). The summed E-state index contributed by atoms with van der Waals surface area (Å²) in [6.45, 7) is 6.54. The molecule has 3 heteroatoms. The van der Waals surface area contributed by atoms with Crippen LogP contribution in [-0.4, -0.2) is 34.9 Å². The van der Waals surface area contributed by atoms with E-state index in [0.717, 1.165) is 24.4 Å². The molecule has 0 spiro atoms. The molecule has 1 N–H and O–H groups in total. The van der Waals surface area contributed by atoms with Gasteiger partial charge in [-0.3, -0.25) is 4.90 Å². The number of hydrogen-bond acceptors (Lipinski definition) is 3. The van der Waals surface area contributed by atoms with E-state index in [-0.39, 0.29) is 12.1 Å². The minimum Gasteiger partial charge on any atom is -0.387 e. The van der Waals surface area contributed by atoms with Crippen molar-refractivity contribution in [1.82, 2.24) is 4.90 Å². The van der Waals surface area contributed by atoms with Crippen LogP contribution in [0.15, 0.2) is 29.2 Å². The summed E-state index contributed by atoms with van der Waals surface area (Å²) in [6.07, 6.45) is 2.16. The normalized spacial score (nSPS) is 19.9. The number of likely N-dealkylation sites (tertiary alicyclic amines) is 1. The second-order valence-corrected chi connectivity index (χ2v) is 6.27. The Bertz CT molecular complexity index is 377. The lowest BCUT2D eigenvalue weighted by Crippen LogP contribution is -2.35. The van der Waals surface area contributed by atoms with Gasteiger partial charge in [0.25, 0.3) is 0 Å². The predicted octanol–water partition coefficient (Wildman–Crippen LogP) is 3.32. The molecule has 0 amide bonds. The highest BCUT2D eigenvalue weighted by atomic mass is 32.2. The van der Waals surface area contributed by atoms with Gasteiger partial charge in [-0.25, -0.2) is 0 Å². The molecule has 0 aromatic heterocycles. The summed E-state index contributed by atoms with van der Waals surface area (Å²) < 4.78 is 0. The van der Waals surface area contributed by atoms with E-state index in [1.165, 1.54) is 17.7 Å². The number of rotatable bonds is 5. The van der Waals surface area contributed by atoms with Crippen LogP contribution in [0.3, 0.4) is 0 Å². The van der Waals surface area contributed by atoms with Crippen LogP contribution >= 0.6 is 11.8 Å². The van der Waals surface area contributed by atoms with Gasteiger partial charge < -0.3 is 5.11 Å². The average Bonchev–Trinajstić information content (AvgIpc) is 2.91. The zero-order valence-electron chi connectivity index (χ0n) is 11.3. The third kappa shape index (κ3) is 3.28. The van der Waals surface area contributed by atoms with E-state index in [1.807, 2.05) is 23.9 Å². The fourth-order valence-corrected chi connectivity index (χ4v) is 3.31. The van der Waals surface area contributed by atoms with Crippen LogP contribution in [-0.2, 0) is 0 Å². The van der Waals surface area contributed by atoms with Crippen LogP contribution in [0.25, 0.3) is 0 Å². The fraction of sp³-hybridized carbons (Fsp3) is 0.600. The van der Waals surface area contributed by atoms with Gasteiger partial charge in [-0.05, 0) is 56.3 Å². The Morgan fingerprint density at radius 2 is 2.06 bits per heavy atom. The molecule has 2 nitrogen and oxygen atoms in total. The molecule has 1 aliphatic rings. The van der Waals surface area contributed by atoms with Gasteiger partial charge in [0.05, 0.1) is 6.10 Å². The first-order chi connectivity index (χ1) is 8.72. The lowest BCUT2D eigenvalue weighted by atomic mass is 10.0. The van der Waals surface area contributed by atoms with Gasteiger partial charge in [0.1, 0.15) is 0 Å². The van der Waals surface area contributed by atoms with E-state index < -0.39 is 0 Å². The highest BCUT2D eigenvalue weighted by Crippen LogP contribution is 2.27. The van der Waals surface area contributed by atoms with Crippen LogP contribution in [0, 0.1) is 0 Å². The van der Waals surface area contributed by atoms with Crippen molar-refractivity contribution < 1.29 is 5.11 Å². The molecule has 0 bridgehead atoms. The summed E-state index contributed by atoms with van der Waals surface area (Å²) in [6, 6.07) is 8.55. The standard InChI is InChI=1S/C15H23NOS/c1-3-18-14-8-6-7-13(11-14)15(17)12(2)16-9-4-5-10-16/h6-8,11-12,15,17H,3-5,9-10H2,1-2H3/t12?,15-/m1/s1. The second-order valence-electron chi connectivity index (χ2n) is 4.93. The summed E-state index contributed by atoms with van der Waals surface area (Å²) in [5, 5.41) is 10.5. The lowest BCUT2D eigenvalue weighted by Gasteiger charge is -2.28. The fourth-order valence-electron chi connectivity index (χ4n) is 2.58. The zero-order chi connectivity index (χ0) is 13.0. The number of benzene rings is 1. The van der Waals surface area contributed by atoms with Gasteiger partial charge in [-0.15, -0.1) is 11.8 Å². The summed E-state index contributed by atoms with van der Waals surface area (Å²) >= 11 is 1.83. The molecule has 100 valence electrons. The maximum atomic E-state index is 10.5. The monoisotopic (exact) mass is 265 g/mol. The maximum Gasteiger partial charge on any atom is 0.0942 e. The molecule has 1 fully saturated rings. The Labute approximate surface area is 114 Å². The molecule has 1 unspecified atom stereocenters. The average molecular weight is 265 g/mol. The van der Waals surface area contributed by atoms with Crippen LogP contribution in [0.2, 0.25) is 0 Å². The minimum absolute atomic E-state index is 0.217. The summed E-state index contributed by atoms with van der Waals surface area (Å²) in [4.78, 5) is 3.65. The number of thioether (sulfide) groups is 1. The third-order valence-corrected chi connectivity index (χ3v) is 4.56. The van der Waals surface area contributed by atoms with Crippen molar-refractivity contribution in [2.24, 2.45) is 0 Å². The van der Waals surface area contributed by atoms with Crippen molar-refractivity contribution in [3.63, 3.8) is 0 Å². The first kappa shape index (κ1) is 13.9. The van der Waals surface area contributed by atoms with E-state index in [1.54, 1.807) is 0 Å². The first-order valence-electron chi connectivity index (χ1n) is 6.87. The molecule has 0 aliphatic carbocycles. The third-order valence-electron chi connectivity index (χ3n) is 3.68. The molecule has 1 heterocycles. The molecule has 1 saturated heterocycles. The highest BCUT2D eigenvalue weighted by Gasteiger charge is 2.25. The quantitative estimate of drug-likeness (QED) is 0.826. The van der Waals surface area contributed by atoms with E-state index in [0.29, 0.717) is 0 Å². The predicted molar refractivity (Wildman–Crippen MR) is 78.1 cm³/mol. The van der Waals surface area contributed by atoms with Crippen molar-refractivity contribution in [1.29, 1.82) is 0 Å². The van der Waals surface area contributed by atoms with Gasteiger partial charge in [0.15, 0.2) is 0 Å². The van der Waals surface area contributed by atoms with Crippen LogP contribution in [0.5, 0.6) is 0 Å². The molecular formula is C15H23NOS. The molecular weight excluding hydrogens is 242 g/mol. The lowest BCUT2D eigenvalue weighted by molar-refractivity contribution is 0.0714. The molecule has 1 aromatic rings. The van der Waals surface area contributed by atoms with E-state index in [2.05, 4.69) is 30.9 Å². The largest absolute Gasteiger partial charge is 0.387 e. The van der Waals surface area contributed by atoms with Crippen molar-refractivity contribution in [3.8, 4) is 0 Å². The summed E-state index contributed by atoms with van der Waals surface area (Å²) in [5.74, 6) is 1.07. The van der Waals surface area contributed by atoms with Crippen LogP contribution in [0.1, 0.15) is 38.4 Å². The van der Waals surface area contributed by atoms with Gasteiger partial charge in [0.2, 0.25) is 0 Å². The molecule has 0 radical (unpaired) electrons. The van der Waals surface area contributed by atoms with Crippen LogP contribution < -0.4 is 0 Å². The second kappa shape index (κ2) is 6.60. The van der Waals surface area contributed by atoms with E-state index in [4.69, 9.17) is 0 Å². The number of hydrogen-bond donors (Lipinski definition) is 1. The Hall–Kier alpha value is -0.510. The molecule has 18 heavy (non-hydrogen) atoms. The number of aliphatic hydroxyl groups excluding tert-OH is 1. The van der Waals surface area contributed by atoms with Crippen molar-refractivity contribution in [2.45, 2.75) is 43.7 Å². The Morgan fingerprint density at radius 1 is 1.33 bits per heavy atom. The first-order valence-corrected chi connectivity index (χ1v) is 7.86.